The molecule has 0 radical (unpaired) electrons. The molecule has 4 heteroatoms. The van der Waals surface area contributed by atoms with Crippen LogP contribution in [-0.4, -0.2) is 12.0 Å². The zero-order valence-corrected chi connectivity index (χ0v) is 6.33. The summed E-state index contributed by atoms with van der Waals surface area (Å²) in [6, 6.07) is 0. The van der Waals surface area contributed by atoms with E-state index in [1.165, 1.54) is 6.92 Å². The van der Waals surface area contributed by atoms with Gasteiger partial charge < -0.3 is 0 Å². The quantitative estimate of drug-likeness (QED) is 0.266. The fraction of sp³-hybridized carbons (Fsp3) is 0.200. The van der Waals surface area contributed by atoms with E-state index < -0.39 is 5.24 Å². The molecule has 0 aliphatic carbocycles. The molecular weight excluding hydrogens is 161 g/mol. The minimum Gasteiger partial charge on any atom is -0.276 e. The van der Waals surface area contributed by atoms with E-state index in [-0.39, 0.29) is 10.7 Å². The van der Waals surface area contributed by atoms with E-state index >= 15 is 0 Å². The van der Waals surface area contributed by atoms with Gasteiger partial charge in [-0.2, -0.15) is 0 Å². The van der Waals surface area contributed by atoms with E-state index in [9.17, 15) is 4.79 Å². The normalized spacial score (nSPS) is 12.3. The van der Waals surface area contributed by atoms with Crippen LogP contribution in [0.15, 0.2) is 15.7 Å². The van der Waals surface area contributed by atoms with E-state index in [1.54, 1.807) is 0 Å². The van der Waals surface area contributed by atoms with E-state index in [4.69, 9.17) is 23.2 Å². The van der Waals surface area contributed by atoms with E-state index in [0.29, 0.717) is 0 Å². The first kappa shape index (κ1) is 8.66. The molecule has 0 aromatic rings. The summed E-state index contributed by atoms with van der Waals surface area (Å²) in [5.41, 5.74) is 0.216. The van der Waals surface area contributed by atoms with Gasteiger partial charge in [0.15, 0.2) is 0 Å². The summed E-state index contributed by atoms with van der Waals surface area (Å²) in [6.45, 7) is 4.59. The Hall–Kier alpha value is -0.340. The lowest BCUT2D eigenvalue weighted by molar-refractivity contribution is -0.108. The topological polar surface area (TPSA) is 29.4 Å². The number of aliphatic imine (C=N–C) groups is 1. The van der Waals surface area contributed by atoms with Crippen molar-refractivity contribution in [2.24, 2.45) is 4.99 Å². The van der Waals surface area contributed by atoms with Crippen molar-refractivity contribution in [2.45, 2.75) is 6.92 Å². The van der Waals surface area contributed by atoms with Gasteiger partial charge in [0, 0.05) is 5.57 Å². The maximum absolute atomic E-state index is 10.3. The molecule has 0 unspecified atom stereocenters. The maximum Gasteiger partial charge on any atom is 0.251 e. The van der Waals surface area contributed by atoms with E-state index in [2.05, 4.69) is 11.7 Å². The average Bonchev–Trinajstić information content (AvgIpc) is 1.84. The molecule has 0 rings (SSSR count). The van der Waals surface area contributed by atoms with Crippen molar-refractivity contribution in [1.82, 2.24) is 0 Å². The Morgan fingerprint density at radius 3 is 2.11 bits per heavy atom. The zero-order chi connectivity index (χ0) is 7.44. The van der Waals surface area contributed by atoms with Crippen LogP contribution in [0.2, 0.25) is 0 Å². The lowest BCUT2D eigenvalue weighted by Gasteiger charge is -1.90. The van der Waals surface area contributed by atoms with Crippen molar-refractivity contribution in [3.63, 3.8) is 0 Å². The van der Waals surface area contributed by atoms with Gasteiger partial charge in [-0.05, 0) is 25.2 Å². The molecule has 0 aliphatic rings. The van der Waals surface area contributed by atoms with E-state index in [0.717, 1.165) is 0 Å². The molecule has 0 atom stereocenters. The third-order valence-electron chi connectivity index (χ3n) is 0.743. The first-order chi connectivity index (χ1) is 4.09. The molecule has 0 N–H and O–H groups in total. The van der Waals surface area contributed by atoms with Crippen molar-refractivity contribution in [1.29, 1.82) is 0 Å². The van der Waals surface area contributed by atoms with Crippen molar-refractivity contribution < 1.29 is 4.79 Å². The number of carbonyl (C=O) groups excluding carboxylic acids is 1. The number of nitrogens with zero attached hydrogens (tertiary/aromatic N) is 1. The fourth-order valence-corrected chi connectivity index (χ4v) is 0.423. The number of carbonyl (C=O) groups is 1. The Balaban J connectivity index is 4.47. The Morgan fingerprint density at radius 1 is 1.56 bits per heavy atom. The monoisotopic (exact) mass is 165 g/mol. The molecule has 0 aromatic heterocycles. The van der Waals surface area contributed by atoms with E-state index in [1.807, 2.05) is 0 Å². The van der Waals surface area contributed by atoms with Crippen LogP contribution in [-0.2, 0) is 4.79 Å². The Bertz CT molecular complexity index is 174. The molecule has 9 heavy (non-hydrogen) atoms. The summed E-state index contributed by atoms with van der Waals surface area (Å²) in [5.74, 6) is 0. The van der Waals surface area contributed by atoms with Crippen molar-refractivity contribution in [3.8, 4) is 0 Å². The number of hydrogen-bond acceptors (Lipinski definition) is 2. The molecule has 0 aromatic carbocycles. The highest BCUT2D eigenvalue weighted by atomic mass is 35.5. The third kappa shape index (κ3) is 2.63. The third-order valence-corrected chi connectivity index (χ3v) is 1.43. The summed E-state index contributed by atoms with van der Waals surface area (Å²) in [4.78, 5) is 13.6. The van der Waals surface area contributed by atoms with Gasteiger partial charge in [-0.1, -0.05) is 11.6 Å². The first-order valence-electron chi connectivity index (χ1n) is 2.12. The van der Waals surface area contributed by atoms with Crippen LogP contribution in [0.1, 0.15) is 6.92 Å². The molecule has 0 fully saturated rings. The minimum absolute atomic E-state index is 0.0509. The molecule has 2 nitrogen and oxygen atoms in total. The molecule has 0 aliphatic heterocycles. The predicted octanol–water partition coefficient (Wildman–Crippen LogP) is 1.92. The molecule has 0 saturated heterocycles. The maximum atomic E-state index is 10.3. The second-order valence-corrected chi connectivity index (χ2v) is 2.05. The molecule has 50 valence electrons. The Kier molecular flexibility index (Phi) is 3.50. The summed E-state index contributed by atoms with van der Waals surface area (Å²) in [6.07, 6.45) is 0. The van der Waals surface area contributed by atoms with Crippen molar-refractivity contribution in [2.75, 3.05) is 0 Å². The summed E-state index contributed by atoms with van der Waals surface area (Å²) < 4.78 is 0. The second kappa shape index (κ2) is 3.64. The largest absolute Gasteiger partial charge is 0.276 e. The number of rotatable bonds is 2. The summed E-state index contributed by atoms with van der Waals surface area (Å²) in [5, 5.41) is -0.553. The van der Waals surface area contributed by atoms with Gasteiger partial charge >= 0.3 is 0 Å². The van der Waals surface area contributed by atoms with Crippen LogP contribution >= 0.6 is 23.2 Å². The summed E-state index contributed by atoms with van der Waals surface area (Å²) in [7, 11) is 0. The van der Waals surface area contributed by atoms with Gasteiger partial charge in [0.2, 0.25) is 0 Å². The average molecular weight is 166 g/mol. The second-order valence-electron chi connectivity index (χ2n) is 1.35. The van der Waals surface area contributed by atoms with Gasteiger partial charge in [-0.25, -0.2) is 0 Å². The molecule has 0 saturated carbocycles. The van der Waals surface area contributed by atoms with Crippen LogP contribution in [0.25, 0.3) is 0 Å². The van der Waals surface area contributed by atoms with Crippen molar-refractivity contribution in [3.05, 3.63) is 10.7 Å². The number of allylic oxidation sites excluding steroid dienone is 1. The SMILES string of the molecule is C=NC(Cl)=C(C)C(=O)Cl. The molecule has 0 amide bonds. The number of hydrogen-bond donors (Lipinski definition) is 0. The predicted molar refractivity (Wildman–Crippen MR) is 39.0 cm³/mol. The van der Waals surface area contributed by atoms with Gasteiger partial charge in [0.25, 0.3) is 5.24 Å². The highest BCUT2D eigenvalue weighted by Crippen LogP contribution is 2.11. The standard InChI is InChI=1S/C5H5Cl2NO/c1-3(5(7)9)4(6)8-2/h2H2,1H3. The molecular formula is C5H5Cl2NO. The molecule has 0 bridgehead atoms. The van der Waals surface area contributed by atoms with Crippen LogP contribution in [0.5, 0.6) is 0 Å². The highest BCUT2D eigenvalue weighted by Gasteiger charge is 2.02. The first-order valence-corrected chi connectivity index (χ1v) is 2.88. The zero-order valence-electron chi connectivity index (χ0n) is 4.82. The van der Waals surface area contributed by atoms with Crippen LogP contribution in [0, 0.1) is 0 Å². The van der Waals surface area contributed by atoms with Gasteiger partial charge in [0.1, 0.15) is 5.16 Å². The lowest BCUT2D eigenvalue weighted by atomic mass is 10.4. The van der Waals surface area contributed by atoms with Crippen LogP contribution in [0.3, 0.4) is 0 Å². The Labute approximate surface area is 63.2 Å². The molecule has 0 heterocycles. The fourth-order valence-electron chi connectivity index (χ4n) is 0.200. The number of halogens is 2. The lowest BCUT2D eigenvalue weighted by Crippen LogP contribution is -1.88. The summed E-state index contributed by atoms with van der Waals surface area (Å²) >= 11 is 10.4. The van der Waals surface area contributed by atoms with Gasteiger partial charge in [-0.15, -0.1) is 0 Å². The van der Waals surface area contributed by atoms with Crippen LogP contribution < -0.4 is 0 Å². The van der Waals surface area contributed by atoms with Gasteiger partial charge in [0.05, 0.1) is 0 Å². The minimum atomic E-state index is -0.604. The van der Waals surface area contributed by atoms with Gasteiger partial charge in [-0.3, -0.25) is 9.79 Å². The highest BCUT2D eigenvalue weighted by molar-refractivity contribution is 6.68. The smallest absolute Gasteiger partial charge is 0.251 e. The molecule has 0 spiro atoms. The van der Waals surface area contributed by atoms with Crippen molar-refractivity contribution >= 4 is 35.2 Å². The van der Waals surface area contributed by atoms with Crippen LogP contribution in [0.4, 0.5) is 0 Å². The Morgan fingerprint density at radius 2 is 2.00 bits per heavy atom.